The molecule has 0 bridgehead atoms. The molecule has 0 fully saturated rings. The Morgan fingerprint density at radius 2 is 2.14 bits per heavy atom. The third-order valence-electron chi connectivity index (χ3n) is 2.61. The van der Waals surface area contributed by atoms with E-state index in [1.165, 1.54) is 0 Å². The molecule has 0 aliphatic heterocycles. The number of methoxy groups -OCH3 is 1. The molecule has 0 atom stereocenters. The van der Waals surface area contributed by atoms with E-state index >= 15 is 0 Å². The minimum absolute atomic E-state index is 0.254. The first-order valence-corrected chi connectivity index (χ1v) is 7.78. The quantitative estimate of drug-likeness (QED) is 0.697. The van der Waals surface area contributed by atoms with Crippen molar-refractivity contribution in [1.29, 1.82) is 0 Å². The molecule has 0 aliphatic carbocycles. The van der Waals surface area contributed by atoms with Crippen molar-refractivity contribution in [2.45, 2.75) is 20.3 Å². The van der Waals surface area contributed by atoms with Crippen LogP contribution in [0.5, 0.6) is 5.75 Å². The van der Waals surface area contributed by atoms with Gasteiger partial charge in [0, 0.05) is 24.2 Å². The van der Waals surface area contributed by atoms with Gasteiger partial charge in [-0.25, -0.2) is 4.79 Å². The number of rotatable bonds is 8. The highest BCUT2D eigenvalue weighted by Gasteiger charge is 2.07. The first kappa shape index (κ1) is 17.8. The number of urea groups is 1. The van der Waals surface area contributed by atoms with Gasteiger partial charge in [0.25, 0.3) is 0 Å². The van der Waals surface area contributed by atoms with Crippen LogP contribution in [0, 0.1) is 5.92 Å². The highest BCUT2D eigenvalue weighted by atomic mass is 79.9. The molecule has 5 nitrogen and oxygen atoms in total. The van der Waals surface area contributed by atoms with Crippen LogP contribution < -0.4 is 15.4 Å². The highest BCUT2D eigenvalue weighted by Crippen LogP contribution is 2.27. The van der Waals surface area contributed by atoms with Crippen LogP contribution in [0.25, 0.3) is 0 Å². The summed E-state index contributed by atoms with van der Waals surface area (Å²) in [5.41, 5.74) is 0.625. The standard InChI is InChI=1S/C15H23BrN2O3/c1-11(2)10-21-8-4-7-17-15(19)18-13-9-12(16)5-6-14(13)20-3/h5-6,9,11H,4,7-8,10H2,1-3H3,(H2,17,18,19). The van der Waals surface area contributed by atoms with E-state index in [4.69, 9.17) is 9.47 Å². The maximum atomic E-state index is 11.8. The molecule has 0 saturated carbocycles. The second-order valence-corrected chi connectivity index (χ2v) is 5.96. The predicted octanol–water partition coefficient (Wildman–Crippen LogP) is 3.64. The number of ether oxygens (including phenoxy) is 2. The van der Waals surface area contributed by atoms with Crippen LogP contribution in [0.4, 0.5) is 10.5 Å². The molecule has 0 unspecified atom stereocenters. The van der Waals surface area contributed by atoms with Gasteiger partial charge in [0.2, 0.25) is 0 Å². The Morgan fingerprint density at radius 1 is 1.38 bits per heavy atom. The molecular weight excluding hydrogens is 336 g/mol. The van der Waals surface area contributed by atoms with Crippen molar-refractivity contribution in [1.82, 2.24) is 5.32 Å². The molecule has 0 saturated heterocycles. The van der Waals surface area contributed by atoms with Crippen molar-refractivity contribution in [3.63, 3.8) is 0 Å². The molecule has 0 spiro atoms. The Balaban J connectivity index is 2.29. The molecule has 21 heavy (non-hydrogen) atoms. The van der Waals surface area contributed by atoms with Crippen LogP contribution in [0.3, 0.4) is 0 Å². The van der Waals surface area contributed by atoms with E-state index in [1.54, 1.807) is 19.2 Å². The van der Waals surface area contributed by atoms with E-state index in [1.807, 2.05) is 6.07 Å². The maximum Gasteiger partial charge on any atom is 0.319 e. The number of halogens is 1. The van der Waals surface area contributed by atoms with Crippen molar-refractivity contribution >= 4 is 27.6 Å². The lowest BCUT2D eigenvalue weighted by atomic mass is 10.2. The number of hydrogen-bond donors (Lipinski definition) is 2. The Morgan fingerprint density at radius 3 is 2.81 bits per heavy atom. The lowest BCUT2D eigenvalue weighted by Crippen LogP contribution is -2.30. The van der Waals surface area contributed by atoms with E-state index < -0.39 is 0 Å². The van der Waals surface area contributed by atoms with Gasteiger partial charge in [0.1, 0.15) is 5.75 Å². The van der Waals surface area contributed by atoms with Gasteiger partial charge in [-0.1, -0.05) is 29.8 Å². The van der Waals surface area contributed by atoms with Crippen molar-refractivity contribution in [2.75, 3.05) is 32.2 Å². The molecular formula is C15H23BrN2O3. The summed E-state index contributed by atoms with van der Waals surface area (Å²) in [5, 5.41) is 5.55. The molecule has 2 amide bonds. The van der Waals surface area contributed by atoms with Crippen LogP contribution in [0.15, 0.2) is 22.7 Å². The first-order valence-electron chi connectivity index (χ1n) is 6.99. The van der Waals surface area contributed by atoms with Gasteiger partial charge in [-0.2, -0.15) is 0 Å². The van der Waals surface area contributed by atoms with Gasteiger partial charge in [-0.05, 0) is 30.5 Å². The maximum absolute atomic E-state index is 11.8. The number of amides is 2. The van der Waals surface area contributed by atoms with Gasteiger partial charge in [-0.3, -0.25) is 0 Å². The minimum Gasteiger partial charge on any atom is -0.495 e. The largest absolute Gasteiger partial charge is 0.495 e. The summed E-state index contributed by atoms with van der Waals surface area (Å²) in [5.74, 6) is 1.15. The Hall–Kier alpha value is -1.27. The number of hydrogen-bond acceptors (Lipinski definition) is 3. The van der Waals surface area contributed by atoms with E-state index in [9.17, 15) is 4.79 Å². The molecule has 0 radical (unpaired) electrons. The summed E-state index contributed by atoms with van der Waals surface area (Å²) < 4.78 is 11.5. The summed E-state index contributed by atoms with van der Waals surface area (Å²) in [4.78, 5) is 11.8. The predicted molar refractivity (Wildman–Crippen MR) is 88.0 cm³/mol. The smallest absolute Gasteiger partial charge is 0.319 e. The zero-order valence-electron chi connectivity index (χ0n) is 12.7. The molecule has 118 valence electrons. The third-order valence-corrected chi connectivity index (χ3v) is 3.11. The second-order valence-electron chi connectivity index (χ2n) is 5.05. The van der Waals surface area contributed by atoms with Crippen LogP contribution in [-0.2, 0) is 4.74 Å². The highest BCUT2D eigenvalue weighted by molar-refractivity contribution is 9.10. The number of benzene rings is 1. The van der Waals surface area contributed by atoms with Crippen molar-refractivity contribution in [3.8, 4) is 5.75 Å². The molecule has 0 aromatic heterocycles. The van der Waals surface area contributed by atoms with Crippen molar-refractivity contribution in [2.24, 2.45) is 5.92 Å². The topological polar surface area (TPSA) is 59.6 Å². The molecule has 0 aliphatic rings. The minimum atomic E-state index is -0.254. The summed E-state index contributed by atoms with van der Waals surface area (Å²) in [6.07, 6.45) is 0.787. The monoisotopic (exact) mass is 358 g/mol. The fourth-order valence-electron chi connectivity index (χ4n) is 1.64. The zero-order valence-corrected chi connectivity index (χ0v) is 14.3. The number of nitrogens with one attached hydrogen (secondary N) is 2. The van der Waals surface area contributed by atoms with Gasteiger partial charge >= 0.3 is 6.03 Å². The van der Waals surface area contributed by atoms with Gasteiger partial charge < -0.3 is 20.1 Å². The van der Waals surface area contributed by atoms with Crippen LogP contribution in [-0.4, -0.2) is 32.9 Å². The van der Waals surface area contributed by atoms with Gasteiger partial charge in [0.05, 0.1) is 12.8 Å². The second kappa shape index (κ2) is 9.63. The van der Waals surface area contributed by atoms with E-state index in [2.05, 4.69) is 40.4 Å². The van der Waals surface area contributed by atoms with Crippen LogP contribution >= 0.6 is 15.9 Å². The Kier molecular flexibility index (Phi) is 8.15. The van der Waals surface area contributed by atoms with Gasteiger partial charge in [0.15, 0.2) is 0 Å². The summed E-state index contributed by atoms with van der Waals surface area (Å²) in [6.45, 7) is 6.19. The van der Waals surface area contributed by atoms with Crippen molar-refractivity contribution in [3.05, 3.63) is 22.7 Å². The molecule has 0 heterocycles. The lowest BCUT2D eigenvalue weighted by molar-refractivity contribution is 0.108. The fourth-order valence-corrected chi connectivity index (χ4v) is 2.00. The van der Waals surface area contributed by atoms with Crippen LogP contribution in [0.1, 0.15) is 20.3 Å². The number of anilines is 1. The summed E-state index contributed by atoms with van der Waals surface area (Å²) in [7, 11) is 1.57. The zero-order chi connectivity index (χ0) is 15.7. The van der Waals surface area contributed by atoms with Gasteiger partial charge in [-0.15, -0.1) is 0 Å². The summed E-state index contributed by atoms with van der Waals surface area (Å²) in [6, 6.07) is 5.19. The Bertz CT molecular complexity index is 453. The SMILES string of the molecule is COc1ccc(Br)cc1NC(=O)NCCCOCC(C)C. The third kappa shape index (κ3) is 7.34. The molecule has 1 rings (SSSR count). The fraction of sp³-hybridized carbons (Fsp3) is 0.533. The number of carbonyl (C=O) groups excluding carboxylic acids is 1. The normalized spacial score (nSPS) is 10.5. The average molecular weight is 359 g/mol. The molecule has 6 heteroatoms. The van der Waals surface area contributed by atoms with E-state index in [-0.39, 0.29) is 6.03 Å². The van der Waals surface area contributed by atoms with E-state index in [0.717, 1.165) is 17.5 Å². The number of carbonyl (C=O) groups is 1. The van der Waals surface area contributed by atoms with Crippen LogP contribution in [0.2, 0.25) is 0 Å². The lowest BCUT2D eigenvalue weighted by Gasteiger charge is -2.12. The Labute approximate surface area is 134 Å². The average Bonchev–Trinajstić information content (AvgIpc) is 2.42. The van der Waals surface area contributed by atoms with Crippen molar-refractivity contribution < 1.29 is 14.3 Å². The van der Waals surface area contributed by atoms with E-state index in [0.29, 0.717) is 30.5 Å². The molecule has 1 aromatic rings. The summed E-state index contributed by atoms with van der Waals surface area (Å²) >= 11 is 3.36. The molecule has 1 aromatic carbocycles. The first-order chi connectivity index (χ1) is 10.0. The molecule has 2 N–H and O–H groups in total.